The van der Waals surface area contributed by atoms with E-state index in [9.17, 15) is 9.59 Å². The van der Waals surface area contributed by atoms with E-state index < -0.39 is 0 Å². The van der Waals surface area contributed by atoms with Crippen LogP contribution in [-0.4, -0.2) is 32.2 Å². The second-order valence-corrected chi connectivity index (χ2v) is 8.29. The van der Waals surface area contributed by atoms with Crippen LogP contribution in [0.3, 0.4) is 0 Å². The van der Waals surface area contributed by atoms with Crippen molar-refractivity contribution >= 4 is 29.1 Å². The normalized spacial score (nSPS) is 10.9. The molecule has 1 heterocycles. The smallest absolute Gasteiger partial charge is 0.224 e. The van der Waals surface area contributed by atoms with Crippen LogP contribution < -0.4 is 5.32 Å². The van der Waals surface area contributed by atoms with Crippen LogP contribution >= 0.6 is 11.8 Å². The minimum Gasteiger partial charge on any atom is -0.326 e. The van der Waals surface area contributed by atoms with Gasteiger partial charge in [-0.3, -0.25) is 9.59 Å². The van der Waals surface area contributed by atoms with Gasteiger partial charge in [0.05, 0.1) is 5.75 Å². The SMILES string of the molecule is CCn1c(SCC(=O)c2ccc(NC(=O)CC(C)C)cc2)nnc1-c1ccccc1. The molecule has 0 aliphatic carbocycles. The molecule has 0 atom stereocenters. The van der Waals surface area contributed by atoms with Crippen molar-refractivity contribution < 1.29 is 9.59 Å². The predicted molar refractivity (Wildman–Crippen MR) is 121 cm³/mol. The summed E-state index contributed by atoms with van der Waals surface area (Å²) in [7, 11) is 0. The largest absolute Gasteiger partial charge is 0.326 e. The standard InChI is InChI=1S/C23H26N4O2S/c1-4-27-22(18-8-6-5-7-9-18)25-26-23(27)30-15-20(28)17-10-12-19(13-11-17)24-21(29)14-16(2)3/h5-13,16H,4,14-15H2,1-3H3,(H,24,29). The summed E-state index contributed by atoms with van der Waals surface area (Å²) in [5.41, 5.74) is 2.30. The molecule has 1 N–H and O–H groups in total. The number of aromatic nitrogens is 3. The van der Waals surface area contributed by atoms with Gasteiger partial charge in [-0.1, -0.05) is 55.9 Å². The van der Waals surface area contributed by atoms with Gasteiger partial charge in [-0.25, -0.2) is 0 Å². The van der Waals surface area contributed by atoms with Crippen molar-refractivity contribution in [1.29, 1.82) is 0 Å². The number of anilines is 1. The number of amides is 1. The molecule has 0 bridgehead atoms. The average molecular weight is 423 g/mol. The molecular weight excluding hydrogens is 396 g/mol. The maximum atomic E-state index is 12.6. The summed E-state index contributed by atoms with van der Waals surface area (Å²) in [6, 6.07) is 16.9. The van der Waals surface area contributed by atoms with E-state index in [0.717, 1.165) is 23.1 Å². The highest BCUT2D eigenvalue weighted by Crippen LogP contribution is 2.24. The van der Waals surface area contributed by atoms with Gasteiger partial charge in [0.1, 0.15) is 0 Å². The zero-order valence-corrected chi connectivity index (χ0v) is 18.3. The molecule has 0 unspecified atom stereocenters. The Kier molecular flexibility index (Phi) is 7.41. The van der Waals surface area contributed by atoms with E-state index >= 15 is 0 Å². The summed E-state index contributed by atoms with van der Waals surface area (Å²) in [6.07, 6.45) is 0.473. The lowest BCUT2D eigenvalue weighted by Crippen LogP contribution is -2.14. The first kappa shape index (κ1) is 21.8. The van der Waals surface area contributed by atoms with Crippen LogP contribution in [-0.2, 0) is 11.3 Å². The predicted octanol–water partition coefficient (Wildman–Crippen LogP) is 4.92. The molecule has 0 aliphatic heterocycles. The van der Waals surface area contributed by atoms with Gasteiger partial charge in [0, 0.05) is 29.8 Å². The molecule has 0 spiro atoms. The summed E-state index contributed by atoms with van der Waals surface area (Å²) in [5.74, 6) is 1.36. The maximum Gasteiger partial charge on any atom is 0.224 e. The van der Waals surface area contributed by atoms with E-state index in [2.05, 4.69) is 15.5 Å². The number of carbonyl (C=O) groups excluding carboxylic acids is 2. The molecule has 2 aromatic carbocycles. The number of carbonyl (C=O) groups is 2. The number of nitrogens with zero attached hydrogens (tertiary/aromatic N) is 3. The highest BCUT2D eigenvalue weighted by atomic mass is 32.2. The van der Waals surface area contributed by atoms with E-state index in [1.807, 2.05) is 55.7 Å². The van der Waals surface area contributed by atoms with Crippen LogP contribution in [0.4, 0.5) is 5.69 Å². The van der Waals surface area contributed by atoms with Crippen molar-refractivity contribution in [1.82, 2.24) is 14.8 Å². The summed E-state index contributed by atoms with van der Waals surface area (Å²) >= 11 is 1.38. The van der Waals surface area contributed by atoms with Crippen LogP contribution in [0.1, 0.15) is 37.6 Å². The van der Waals surface area contributed by atoms with Gasteiger partial charge in [-0.15, -0.1) is 10.2 Å². The molecule has 6 nitrogen and oxygen atoms in total. The van der Waals surface area contributed by atoms with Crippen LogP contribution in [0.5, 0.6) is 0 Å². The fraction of sp³-hybridized carbons (Fsp3) is 0.304. The lowest BCUT2D eigenvalue weighted by Gasteiger charge is -2.08. The van der Waals surface area contributed by atoms with Gasteiger partial charge in [-0.05, 0) is 37.1 Å². The molecule has 0 fully saturated rings. The quantitative estimate of drug-likeness (QED) is 0.391. The number of hydrogen-bond donors (Lipinski definition) is 1. The van der Waals surface area contributed by atoms with E-state index in [1.165, 1.54) is 11.8 Å². The first-order valence-electron chi connectivity index (χ1n) is 10.0. The molecule has 156 valence electrons. The van der Waals surface area contributed by atoms with Gasteiger partial charge in [-0.2, -0.15) is 0 Å². The highest BCUT2D eigenvalue weighted by Gasteiger charge is 2.15. The lowest BCUT2D eigenvalue weighted by molar-refractivity contribution is -0.116. The molecular formula is C23H26N4O2S. The lowest BCUT2D eigenvalue weighted by atomic mass is 10.1. The topological polar surface area (TPSA) is 76.9 Å². The van der Waals surface area contributed by atoms with Crippen molar-refractivity contribution in [2.24, 2.45) is 5.92 Å². The zero-order valence-electron chi connectivity index (χ0n) is 17.5. The monoisotopic (exact) mass is 422 g/mol. The Morgan fingerprint density at radius 3 is 2.37 bits per heavy atom. The Labute approximate surface area is 181 Å². The number of benzene rings is 2. The Bertz CT molecular complexity index is 998. The Morgan fingerprint density at radius 2 is 1.73 bits per heavy atom. The maximum absolute atomic E-state index is 12.6. The number of hydrogen-bond acceptors (Lipinski definition) is 5. The third-order valence-electron chi connectivity index (χ3n) is 4.48. The molecule has 0 aliphatic rings. The van der Waals surface area contributed by atoms with Gasteiger partial charge >= 0.3 is 0 Å². The van der Waals surface area contributed by atoms with Crippen LogP contribution in [0.25, 0.3) is 11.4 Å². The summed E-state index contributed by atoms with van der Waals surface area (Å²) < 4.78 is 2.01. The third kappa shape index (κ3) is 5.57. The Hall–Kier alpha value is -2.93. The highest BCUT2D eigenvalue weighted by molar-refractivity contribution is 7.99. The van der Waals surface area contributed by atoms with Crippen LogP contribution in [0.2, 0.25) is 0 Å². The molecule has 1 amide bonds. The Balaban J connectivity index is 1.62. The van der Waals surface area contributed by atoms with Gasteiger partial charge in [0.15, 0.2) is 16.8 Å². The van der Waals surface area contributed by atoms with Crippen molar-refractivity contribution in [2.75, 3.05) is 11.1 Å². The van der Waals surface area contributed by atoms with Crippen molar-refractivity contribution in [3.63, 3.8) is 0 Å². The van der Waals surface area contributed by atoms with Gasteiger partial charge in [0.25, 0.3) is 0 Å². The molecule has 0 saturated carbocycles. The van der Waals surface area contributed by atoms with Crippen molar-refractivity contribution in [2.45, 2.75) is 38.9 Å². The van der Waals surface area contributed by atoms with E-state index in [-0.39, 0.29) is 17.4 Å². The molecule has 7 heteroatoms. The van der Waals surface area contributed by atoms with Crippen molar-refractivity contribution in [3.8, 4) is 11.4 Å². The first-order valence-corrected chi connectivity index (χ1v) is 11.0. The number of thioether (sulfide) groups is 1. The zero-order chi connectivity index (χ0) is 21.5. The number of ketones is 1. The van der Waals surface area contributed by atoms with Gasteiger partial charge in [0.2, 0.25) is 5.91 Å². The summed E-state index contributed by atoms with van der Waals surface area (Å²) in [5, 5.41) is 12.2. The molecule has 3 aromatic rings. The summed E-state index contributed by atoms with van der Waals surface area (Å²) in [6.45, 7) is 6.76. The fourth-order valence-electron chi connectivity index (χ4n) is 3.02. The molecule has 1 aromatic heterocycles. The Morgan fingerprint density at radius 1 is 1.03 bits per heavy atom. The second kappa shape index (κ2) is 10.2. The molecule has 3 rings (SSSR count). The average Bonchev–Trinajstić information content (AvgIpc) is 3.15. The number of nitrogens with one attached hydrogen (secondary N) is 1. The van der Waals surface area contributed by atoms with Crippen LogP contribution in [0, 0.1) is 5.92 Å². The second-order valence-electron chi connectivity index (χ2n) is 7.35. The molecule has 0 saturated heterocycles. The van der Waals surface area contributed by atoms with E-state index in [4.69, 9.17) is 0 Å². The van der Waals surface area contributed by atoms with Crippen LogP contribution in [0.15, 0.2) is 59.8 Å². The van der Waals surface area contributed by atoms with Gasteiger partial charge < -0.3 is 9.88 Å². The molecule has 0 radical (unpaired) electrons. The minimum absolute atomic E-state index is 0.00645. The summed E-state index contributed by atoms with van der Waals surface area (Å²) in [4.78, 5) is 24.5. The number of rotatable bonds is 9. The molecule has 30 heavy (non-hydrogen) atoms. The minimum atomic E-state index is -0.0206. The van der Waals surface area contributed by atoms with E-state index in [1.54, 1.807) is 24.3 Å². The van der Waals surface area contributed by atoms with Crippen molar-refractivity contribution in [3.05, 3.63) is 60.2 Å². The van der Waals surface area contributed by atoms with E-state index in [0.29, 0.717) is 23.6 Å². The third-order valence-corrected chi connectivity index (χ3v) is 5.45. The first-order chi connectivity index (χ1) is 14.5. The fourth-order valence-corrected chi connectivity index (χ4v) is 3.91. The number of Topliss-reactive ketones (excluding diaryl/α,β-unsaturated/α-hetero) is 1.